The van der Waals surface area contributed by atoms with E-state index in [0.29, 0.717) is 13.1 Å². The lowest BCUT2D eigenvalue weighted by Crippen LogP contribution is -2.49. The van der Waals surface area contributed by atoms with E-state index in [1.807, 2.05) is 42.0 Å². The summed E-state index contributed by atoms with van der Waals surface area (Å²) in [5.41, 5.74) is 0.428. The molecule has 0 spiro atoms. The van der Waals surface area contributed by atoms with E-state index >= 15 is 0 Å². The lowest BCUT2D eigenvalue weighted by molar-refractivity contribution is -0.998. The summed E-state index contributed by atoms with van der Waals surface area (Å²) in [6, 6.07) is 6.65. The van der Waals surface area contributed by atoms with E-state index < -0.39 is 11.9 Å². The van der Waals surface area contributed by atoms with Crippen LogP contribution in [-0.4, -0.2) is 96.4 Å². The summed E-state index contributed by atoms with van der Waals surface area (Å²) in [5.74, 6) is 0.812. The number of likely N-dealkylation sites (N-methyl/N-ethyl adjacent to an activating group) is 4. The van der Waals surface area contributed by atoms with Crippen molar-refractivity contribution in [2.45, 2.75) is 13.8 Å². The van der Waals surface area contributed by atoms with Gasteiger partial charge in [-0.3, -0.25) is 9.68 Å². The number of quaternary nitrogens is 2. The lowest BCUT2D eigenvalue weighted by atomic mass is 10.1. The van der Waals surface area contributed by atoms with Crippen molar-refractivity contribution >= 4 is 23.6 Å². The SMILES string of the molecule is CC1=[N+](C)CC[N+]1(C)OC(=O)c1ccccc1C(=O)O[N+]1(C)CC[N+](C)=C1C. The van der Waals surface area contributed by atoms with Crippen LogP contribution >= 0.6 is 0 Å². The van der Waals surface area contributed by atoms with Crippen LogP contribution in [0.2, 0.25) is 0 Å². The zero-order chi connectivity index (χ0) is 20.7. The molecule has 28 heavy (non-hydrogen) atoms. The number of hydrogen-bond donors (Lipinski definition) is 0. The first-order valence-corrected chi connectivity index (χ1v) is 9.46. The van der Waals surface area contributed by atoms with Gasteiger partial charge in [-0.1, -0.05) is 12.1 Å². The van der Waals surface area contributed by atoms with Crippen molar-refractivity contribution in [3.8, 4) is 0 Å². The Bertz CT molecular complexity index is 834. The van der Waals surface area contributed by atoms with Gasteiger partial charge in [-0.2, -0.15) is 9.15 Å². The smallest absolute Gasteiger partial charge is 0.261 e. The average Bonchev–Trinajstić information content (AvgIpc) is 3.06. The van der Waals surface area contributed by atoms with Crippen molar-refractivity contribution in [2.24, 2.45) is 0 Å². The number of amidine groups is 2. The van der Waals surface area contributed by atoms with Gasteiger partial charge in [-0.15, -0.1) is 0 Å². The van der Waals surface area contributed by atoms with Gasteiger partial charge < -0.3 is 0 Å². The Hall–Kier alpha value is -2.58. The van der Waals surface area contributed by atoms with E-state index in [9.17, 15) is 9.59 Å². The highest BCUT2D eigenvalue weighted by Gasteiger charge is 2.47. The Morgan fingerprint density at radius 1 is 0.821 bits per heavy atom. The van der Waals surface area contributed by atoms with Crippen molar-refractivity contribution in [1.29, 1.82) is 0 Å². The Balaban J connectivity index is 1.84. The predicted octanol–water partition coefficient (Wildman–Crippen LogP) is 0.872. The first kappa shape index (κ1) is 20.2. The normalized spacial score (nSPS) is 27.4. The van der Waals surface area contributed by atoms with E-state index in [2.05, 4.69) is 9.15 Å². The zero-order valence-electron chi connectivity index (χ0n) is 17.6. The first-order valence-electron chi connectivity index (χ1n) is 9.46. The van der Waals surface area contributed by atoms with E-state index in [-0.39, 0.29) is 20.4 Å². The minimum absolute atomic E-state index is 0.0736. The molecule has 150 valence electrons. The van der Waals surface area contributed by atoms with Crippen LogP contribution in [0.4, 0.5) is 0 Å². The Morgan fingerprint density at radius 3 is 1.46 bits per heavy atom. The molecule has 8 nitrogen and oxygen atoms in total. The molecular formula is C20H30N4O4+4. The molecule has 2 unspecified atom stereocenters. The number of nitrogens with zero attached hydrogens (tertiary/aromatic N) is 4. The van der Waals surface area contributed by atoms with Crippen LogP contribution in [0.25, 0.3) is 0 Å². The summed E-state index contributed by atoms with van der Waals surface area (Å²) in [6.45, 7) is 6.81. The van der Waals surface area contributed by atoms with Crippen molar-refractivity contribution in [3.05, 3.63) is 35.4 Å². The van der Waals surface area contributed by atoms with E-state index in [1.165, 1.54) is 0 Å². The molecule has 0 bridgehead atoms. The molecule has 2 aliphatic heterocycles. The molecule has 0 radical (unpaired) electrons. The largest absolute Gasteiger partial charge is 0.399 e. The summed E-state index contributed by atoms with van der Waals surface area (Å²) < 4.78 is 4.26. The van der Waals surface area contributed by atoms with Gasteiger partial charge in [0.15, 0.2) is 13.1 Å². The highest BCUT2D eigenvalue weighted by Crippen LogP contribution is 2.20. The lowest BCUT2D eigenvalue weighted by Gasteiger charge is -2.23. The number of rotatable bonds is 4. The van der Waals surface area contributed by atoms with Crippen molar-refractivity contribution < 1.29 is 37.7 Å². The van der Waals surface area contributed by atoms with Crippen molar-refractivity contribution in [3.63, 3.8) is 0 Å². The number of carbonyl (C=O) groups is 2. The molecular weight excluding hydrogens is 360 g/mol. The Labute approximate surface area is 165 Å². The van der Waals surface area contributed by atoms with Crippen LogP contribution in [0.5, 0.6) is 0 Å². The summed E-state index contributed by atoms with van der Waals surface area (Å²) in [4.78, 5) is 37.4. The fourth-order valence-electron chi connectivity index (χ4n) is 3.58. The van der Waals surface area contributed by atoms with Gasteiger partial charge in [-0.05, 0) is 21.4 Å². The van der Waals surface area contributed by atoms with Gasteiger partial charge in [0, 0.05) is 0 Å². The summed E-state index contributed by atoms with van der Waals surface area (Å²) in [7, 11) is 7.63. The van der Waals surface area contributed by atoms with Crippen LogP contribution in [0.15, 0.2) is 24.3 Å². The minimum atomic E-state index is -0.536. The van der Waals surface area contributed by atoms with Crippen LogP contribution in [-0.2, 0) is 9.68 Å². The standard InChI is InChI=1S/C20H30N4O4/c1-15-21(3)11-13-23(15,5)27-19(25)17-9-7-8-10-18(17)20(26)28-24(6)14-12-22(4)16(24)2/h7-10H,11-14H2,1-6H3/q+4. The van der Waals surface area contributed by atoms with Crippen LogP contribution in [0.1, 0.15) is 34.6 Å². The molecule has 2 atom stereocenters. The quantitative estimate of drug-likeness (QED) is 0.566. The van der Waals surface area contributed by atoms with Crippen LogP contribution in [0, 0.1) is 0 Å². The molecule has 8 heteroatoms. The molecule has 2 heterocycles. The zero-order valence-corrected chi connectivity index (χ0v) is 17.6. The number of hydrogen-bond acceptors (Lipinski definition) is 4. The molecule has 0 amide bonds. The molecule has 3 rings (SSSR count). The monoisotopic (exact) mass is 390 g/mol. The second-order valence-corrected chi connectivity index (χ2v) is 7.89. The maximum absolute atomic E-state index is 12.9. The third kappa shape index (κ3) is 3.45. The van der Waals surface area contributed by atoms with Crippen LogP contribution < -0.4 is 0 Å². The molecule has 0 fully saturated rings. The highest BCUT2D eigenvalue weighted by molar-refractivity contribution is 6.03. The van der Waals surface area contributed by atoms with E-state index in [0.717, 1.165) is 24.8 Å². The third-order valence-corrected chi connectivity index (χ3v) is 6.13. The Morgan fingerprint density at radius 2 is 1.18 bits per heavy atom. The number of hydroxylamine groups is 6. The maximum Gasteiger partial charge on any atom is 0.399 e. The van der Waals surface area contributed by atoms with E-state index in [4.69, 9.17) is 9.68 Å². The predicted molar refractivity (Wildman–Crippen MR) is 103 cm³/mol. The highest BCUT2D eigenvalue weighted by atomic mass is 16.8. The summed E-state index contributed by atoms with van der Waals surface area (Å²) >= 11 is 0. The fourth-order valence-corrected chi connectivity index (χ4v) is 3.58. The second-order valence-electron chi connectivity index (χ2n) is 7.89. The molecule has 0 aliphatic carbocycles. The van der Waals surface area contributed by atoms with Crippen LogP contribution in [0.3, 0.4) is 0 Å². The van der Waals surface area contributed by atoms with Gasteiger partial charge in [0.2, 0.25) is 13.1 Å². The summed E-state index contributed by atoms with van der Waals surface area (Å²) in [6.07, 6.45) is 0. The number of benzene rings is 1. The fraction of sp³-hybridized carbons (Fsp3) is 0.500. The minimum Gasteiger partial charge on any atom is -0.261 e. The first-order chi connectivity index (χ1) is 13.1. The third-order valence-electron chi connectivity index (χ3n) is 6.13. The molecule has 0 N–H and O–H groups in total. The molecule has 2 aliphatic rings. The molecule has 1 aromatic carbocycles. The van der Waals surface area contributed by atoms with Gasteiger partial charge in [0.05, 0.1) is 25.0 Å². The van der Waals surface area contributed by atoms with Gasteiger partial charge in [0.1, 0.15) is 28.2 Å². The van der Waals surface area contributed by atoms with E-state index in [1.54, 1.807) is 24.3 Å². The van der Waals surface area contributed by atoms with Gasteiger partial charge in [0.25, 0.3) is 0 Å². The molecule has 1 aromatic rings. The van der Waals surface area contributed by atoms with Crippen molar-refractivity contribution in [1.82, 2.24) is 0 Å². The molecule has 0 saturated heterocycles. The molecule has 0 aromatic heterocycles. The second kappa shape index (κ2) is 7.10. The van der Waals surface area contributed by atoms with Gasteiger partial charge >= 0.3 is 23.6 Å². The topological polar surface area (TPSA) is 58.6 Å². The van der Waals surface area contributed by atoms with Gasteiger partial charge in [-0.25, -0.2) is 9.59 Å². The molecule has 0 saturated carbocycles. The maximum atomic E-state index is 12.9. The average molecular weight is 390 g/mol. The Kier molecular flexibility index (Phi) is 5.12. The van der Waals surface area contributed by atoms with Crippen molar-refractivity contribution in [2.75, 3.05) is 54.4 Å². The number of carbonyl (C=O) groups excluding carboxylic acids is 2. The summed E-state index contributed by atoms with van der Waals surface area (Å²) in [5, 5.41) is 0.